The van der Waals surface area contributed by atoms with Crippen LogP contribution in [0.25, 0.3) is 0 Å². The summed E-state index contributed by atoms with van der Waals surface area (Å²) in [4.78, 5) is 22.6. The van der Waals surface area contributed by atoms with E-state index in [0.29, 0.717) is 12.8 Å². The summed E-state index contributed by atoms with van der Waals surface area (Å²) in [5, 5.41) is 0. The molecular formula is C9H13NO3. The highest BCUT2D eigenvalue weighted by Crippen LogP contribution is 2.39. The molecule has 2 aliphatic rings. The standard InChI is InChI=1S/C9H13NO3/c1-4(10)7(12)5-2-3-6(11)9-8(5)13-9/h4-5,8-9H,2-3,10H2,1H3/t4-,5?,8?,9?/m0/s1. The molecule has 0 aromatic carbocycles. The van der Waals surface area contributed by atoms with Gasteiger partial charge in [0.2, 0.25) is 0 Å². The lowest BCUT2D eigenvalue weighted by molar-refractivity contribution is -0.126. The molecule has 0 amide bonds. The second-order valence-electron chi connectivity index (χ2n) is 3.82. The van der Waals surface area contributed by atoms with E-state index in [0.717, 1.165) is 0 Å². The van der Waals surface area contributed by atoms with Gasteiger partial charge in [-0.1, -0.05) is 0 Å². The molecule has 0 aromatic heterocycles. The van der Waals surface area contributed by atoms with Crippen LogP contribution in [0.5, 0.6) is 0 Å². The van der Waals surface area contributed by atoms with Gasteiger partial charge in [-0.3, -0.25) is 9.59 Å². The number of ether oxygens (including phenoxy) is 1. The first-order valence-electron chi connectivity index (χ1n) is 4.58. The summed E-state index contributed by atoms with van der Waals surface area (Å²) in [5.74, 6) is 0.0291. The molecule has 13 heavy (non-hydrogen) atoms. The fraction of sp³-hybridized carbons (Fsp3) is 0.778. The summed E-state index contributed by atoms with van der Waals surface area (Å²) in [7, 11) is 0. The number of fused-ring (bicyclic) bond motifs is 1. The molecule has 2 rings (SSSR count). The normalized spacial score (nSPS) is 39.5. The number of Topliss-reactive ketones (excluding diaryl/α,β-unsaturated/α-hetero) is 2. The quantitative estimate of drug-likeness (QED) is 0.594. The fourth-order valence-corrected chi connectivity index (χ4v) is 1.93. The Balaban J connectivity index is 2.03. The van der Waals surface area contributed by atoms with E-state index >= 15 is 0 Å². The molecule has 0 aromatic rings. The van der Waals surface area contributed by atoms with Crippen molar-refractivity contribution in [1.29, 1.82) is 0 Å². The summed E-state index contributed by atoms with van der Waals surface area (Å²) in [6.45, 7) is 1.68. The van der Waals surface area contributed by atoms with Crippen molar-refractivity contribution in [2.24, 2.45) is 11.7 Å². The van der Waals surface area contributed by atoms with Crippen LogP contribution >= 0.6 is 0 Å². The first-order chi connectivity index (χ1) is 6.11. The lowest BCUT2D eigenvalue weighted by Crippen LogP contribution is -2.38. The maximum atomic E-state index is 11.5. The Labute approximate surface area is 76.4 Å². The number of carbonyl (C=O) groups is 2. The lowest BCUT2D eigenvalue weighted by Gasteiger charge is -2.17. The highest BCUT2D eigenvalue weighted by molar-refractivity contribution is 5.93. The molecular weight excluding hydrogens is 170 g/mol. The van der Waals surface area contributed by atoms with Gasteiger partial charge in [0.25, 0.3) is 0 Å². The predicted octanol–water partition coefficient (Wildman–Crippen LogP) is -0.351. The molecule has 2 N–H and O–H groups in total. The van der Waals surface area contributed by atoms with Crippen LogP contribution in [-0.2, 0) is 14.3 Å². The molecule has 1 aliphatic heterocycles. The fourth-order valence-electron chi connectivity index (χ4n) is 1.93. The highest BCUT2D eigenvalue weighted by Gasteiger charge is 2.54. The van der Waals surface area contributed by atoms with Gasteiger partial charge in [-0.2, -0.15) is 0 Å². The molecule has 0 spiro atoms. The van der Waals surface area contributed by atoms with E-state index in [2.05, 4.69) is 0 Å². The number of epoxide rings is 1. The van der Waals surface area contributed by atoms with Crippen LogP contribution in [0.2, 0.25) is 0 Å². The van der Waals surface area contributed by atoms with Gasteiger partial charge in [0.15, 0.2) is 11.6 Å². The van der Waals surface area contributed by atoms with Gasteiger partial charge in [0, 0.05) is 12.3 Å². The number of rotatable bonds is 2. The van der Waals surface area contributed by atoms with Crippen LogP contribution in [0.3, 0.4) is 0 Å². The second kappa shape index (κ2) is 2.89. The van der Waals surface area contributed by atoms with Gasteiger partial charge in [-0.15, -0.1) is 0 Å². The van der Waals surface area contributed by atoms with Gasteiger partial charge in [0.05, 0.1) is 6.04 Å². The van der Waals surface area contributed by atoms with E-state index in [-0.39, 0.29) is 29.7 Å². The molecule has 4 atom stereocenters. The SMILES string of the molecule is C[C@H](N)C(=O)C1CCC(=O)C2OC12. The monoisotopic (exact) mass is 183 g/mol. The maximum absolute atomic E-state index is 11.5. The molecule has 3 unspecified atom stereocenters. The minimum absolute atomic E-state index is 0.0278. The summed E-state index contributed by atoms with van der Waals surface area (Å²) in [6.07, 6.45) is 0.631. The minimum atomic E-state index is -0.442. The molecule has 4 heteroatoms. The first kappa shape index (κ1) is 8.84. The van der Waals surface area contributed by atoms with Crippen molar-refractivity contribution in [2.75, 3.05) is 0 Å². The Morgan fingerprint density at radius 2 is 2.38 bits per heavy atom. The number of ketones is 2. The van der Waals surface area contributed by atoms with Crippen molar-refractivity contribution < 1.29 is 14.3 Å². The smallest absolute Gasteiger partial charge is 0.164 e. The van der Waals surface area contributed by atoms with Gasteiger partial charge in [0.1, 0.15) is 12.2 Å². The zero-order valence-corrected chi connectivity index (χ0v) is 7.53. The zero-order valence-electron chi connectivity index (χ0n) is 7.53. The van der Waals surface area contributed by atoms with Crippen LogP contribution in [0, 0.1) is 5.92 Å². The molecule has 1 aliphatic carbocycles. The van der Waals surface area contributed by atoms with E-state index in [9.17, 15) is 9.59 Å². The molecule has 1 saturated carbocycles. The minimum Gasteiger partial charge on any atom is -0.360 e. The molecule has 72 valence electrons. The first-order valence-corrected chi connectivity index (χ1v) is 4.58. The van der Waals surface area contributed by atoms with Crippen molar-refractivity contribution in [3.63, 3.8) is 0 Å². The van der Waals surface area contributed by atoms with Crippen molar-refractivity contribution in [2.45, 2.75) is 38.0 Å². The summed E-state index contributed by atoms with van der Waals surface area (Å²) >= 11 is 0. The predicted molar refractivity (Wildman–Crippen MR) is 45.0 cm³/mol. The number of carbonyl (C=O) groups excluding carboxylic acids is 2. The topological polar surface area (TPSA) is 72.7 Å². The molecule has 4 nitrogen and oxygen atoms in total. The van der Waals surface area contributed by atoms with Gasteiger partial charge < -0.3 is 10.5 Å². The molecule has 0 bridgehead atoms. The van der Waals surface area contributed by atoms with E-state index in [1.807, 2.05) is 0 Å². The Bertz CT molecular complexity index is 262. The van der Waals surface area contributed by atoms with Gasteiger partial charge in [-0.25, -0.2) is 0 Å². The average Bonchev–Trinajstić information content (AvgIpc) is 2.84. The number of hydrogen-bond acceptors (Lipinski definition) is 4. The third-order valence-corrected chi connectivity index (χ3v) is 2.76. The van der Waals surface area contributed by atoms with E-state index in [1.165, 1.54) is 0 Å². The Hall–Kier alpha value is -0.740. The van der Waals surface area contributed by atoms with Crippen LogP contribution in [-0.4, -0.2) is 29.8 Å². The van der Waals surface area contributed by atoms with Gasteiger partial charge in [-0.05, 0) is 13.3 Å². The van der Waals surface area contributed by atoms with E-state index in [1.54, 1.807) is 6.92 Å². The van der Waals surface area contributed by atoms with Crippen molar-refractivity contribution in [3.05, 3.63) is 0 Å². The maximum Gasteiger partial charge on any atom is 0.164 e. The van der Waals surface area contributed by atoms with Crippen molar-refractivity contribution >= 4 is 11.6 Å². The second-order valence-corrected chi connectivity index (χ2v) is 3.82. The van der Waals surface area contributed by atoms with Crippen molar-refractivity contribution in [3.8, 4) is 0 Å². The third-order valence-electron chi connectivity index (χ3n) is 2.76. The van der Waals surface area contributed by atoms with E-state index in [4.69, 9.17) is 10.5 Å². The lowest BCUT2D eigenvalue weighted by atomic mass is 9.83. The van der Waals surface area contributed by atoms with Crippen LogP contribution in [0.1, 0.15) is 19.8 Å². The number of hydrogen-bond donors (Lipinski definition) is 1. The zero-order chi connectivity index (χ0) is 9.59. The summed E-state index contributed by atoms with van der Waals surface area (Å²) in [6, 6.07) is -0.442. The van der Waals surface area contributed by atoms with Crippen LogP contribution in [0.15, 0.2) is 0 Å². The largest absolute Gasteiger partial charge is 0.360 e. The van der Waals surface area contributed by atoms with Crippen LogP contribution in [0.4, 0.5) is 0 Å². The average molecular weight is 183 g/mol. The summed E-state index contributed by atoms with van der Waals surface area (Å²) < 4.78 is 5.15. The molecule has 1 heterocycles. The Morgan fingerprint density at radius 3 is 3.00 bits per heavy atom. The molecule has 0 radical (unpaired) electrons. The molecule has 1 saturated heterocycles. The highest BCUT2D eigenvalue weighted by atomic mass is 16.6. The van der Waals surface area contributed by atoms with E-state index < -0.39 is 6.04 Å². The Kier molecular flexibility index (Phi) is 1.96. The van der Waals surface area contributed by atoms with Crippen molar-refractivity contribution in [1.82, 2.24) is 0 Å². The Morgan fingerprint density at radius 1 is 1.69 bits per heavy atom. The number of nitrogens with two attached hydrogens (primary N) is 1. The van der Waals surface area contributed by atoms with Crippen LogP contribution < -0.4 is 5.73 Å². The van der Waals surface area contributed by atoms with Gasteiger partial charge >= 0.3 is 0 Å². The summed E-state index contributed by atoms with van der Waals surface area (Å²) in [5.41, 5.74) is 5.49. The third kappa shape index (κ3) is 1.40. The molecule has 2 fully saturated rings.